The summed E-state index contributed by atoms with van der Waals surface area (Å²) in [5, 5.41) is 9.43. The van der Waals surface area contributed by atoms with Gasteiger partial charge in [-0.1, -0.05) is 23.7 Å². The molecule has 1 saturated heterocycles. The minimum absolute atomic E-state index is 0.447. The second kappa shape index (κ2) is 4.64. The molecule has 1 unspecified atom stereocenters. The molecule has 1 heterocycles. The quantitative estimate of drug-likeness (QED) is 0.857. The van der Waals surface area contributed by atoms with Gasteiger partial charge in [-0.3, -0.25) is 4.79 Å². The Balaban J connectivity index is 2.20. The first-order valence-corrected chi connectivity index (χ1v) is 5.83. The number of benzene rings is 1. The van der Waals surface area contributed by atoms with E-state index in [0.29, 0.717) is 16.5 Å². The normalized spacial score (nSPS) is 18.8. The summed E-state index contributed by atoms with van der Waals surface area (Å²) in [6.45, 7) is 1.98. The Morgan fingerprint density at radius 1 is 1.59 bits per heavy atom. The summed E-state index contributed by atoms with van der Waals surface area (Å²) in [4.78, 5) is 13.0. The summed E-state index contributed by atoms with van der Waals surface area (Å²) in [6.07, 6.45) is 0. The van der Waals surface area contributed by atoms with Crippen LogP contribution in [0.5, 0.6) is 0 Å². The molecule has 4 nitrogen and oxygen atoms in total. The molecule has 1 atom stereocenters. The number of rotatable bonds is 3. The molecule has 92 valence electrons. The van der Waals surface area contributed by atoms with Crippen molar-refractivity contribution >= 4 is 17.6 Å². The minimum Gasteiger partial charge on any atom is -0.480 e. The van der Waals surface area contributed by atoms with E-state index in [1.54, 1.807) is 12.1 Å². The number of hydrogen-bond acceptors (Lipinski definition) is 3. The maximum atomic E-state index is 10.8. The molecule has 1 aromatic rings. The highest BCUT2D eigenvalue weighted by Crippen LogP contribution is 2.32. The molecule has 0 bridgehead atoms. The van der Waals surface area contributed by atoms with E-state index in [4.69, 9.17) is 22.4 Å². The van der Waals surface area contributed by atoms with Crippen LogP contribution < -0.4 is 5.73 Å². The molecule has 0 aliphatic carbocycles. The van der Waals surface area contributed by atoms with Crippen LogP contribution in [0.15, 0.2) is 18.2 Å². The molecule has 3 N–H and O–H groups in total. The van der Waals surface area contributed by atoms with E-state index in [0.717, 1.165) is 18.7 Å². The fourth-order valence-corrected chi connectivity index (χ4v) is 2.45. The molecule has 1 aromatic carbocycles. The van der Waals surface area contributed by atoms with E-state index >= 15 is 0 Å². The molecule has 0 spiro atoms. The number of nitrogens with zero attached hydrogens (tertiary/aromatic N) is 1. The second-order valence-corrected chi connectivity index (χ2v) is 4.92. The van der Waals surface area contributed by atoms with E-state index < -0.39 is 12.0 Å². The van der Waals surface area contributed by atoms with Crippen molar-refractivity contribution in [2.45, 2.75) is 12.0 Å². The van der Waals surface area contributed by atoms with Crippen LogP contribution in [-0.2, 0) is 4.79 Å². The SMILES string of the molecule is CN1CC(c2ccc(C(N)C(=O)O)cc2Cl)C1. The van der Waals surface area contributed by atoms with Crippen molar-refractivity contribution in [1.29, 1.82) is 0 Å². The lowest BCUT2D eigenvalue weighted by Crippen LogP contribution is -2.41. The molecular weight excluding hydrogens is 240 g/mol. The molecular formula is C12H15ClN2O2. The standard InChI is InChI=1S/C12H15ClN2O2/c1-15-5-8(6-15)9-3-2-7(4-10(9)13)11(14)12(16)17/h2-4,8,11H,5-6,14H2,1H3,(H,16,17). The summed E-state index contributed by atoms with van der Waals surface area (Å²) in [5.74, 6) is -0.597. The lowest BCUT2D eigenvalue weighted by molar-refractivity contribution is -0.138. The Kier molecular flexibility index (Phi) is 3.38. The van der Waals surface area contributed by atoms with Gasteiger partial charge in [0.25, 0.3) is 0 Å². The molecule has 2 rings (SSSR count). The van der Waals surface area contributed by atoms with Crippen LogP contribution in [0.25, 0.3) is 0 Å². The van der Waals surface area contributed by atoms with Crippen molar-refractivity contribution in [3.05, 3.63) is 34.3 Å². The third-order valence-electron chi connectivity index (χ3n) is 3.15. The van der Waals surface area contributed by atoms with Gasteiger partial charge in [0.1, 0.15) is 6.04 Å². The van der Waals surface area contributed by atoms with Crippen molar-refractivity contribution in [1.82, 2.24) is 4.90 Å². The molecule has 1 aliphatic rings. The third-order valence-corrected chi connectivity index (χ3v) is 3.48. The van der Waals surface area contributed by atoms with Crippen LogP contribution >= 0.6 is 11.6 Å². The van der Waals surface area contributed by atoms with Crippen LogP contribution in [-0.4, -0.2) is 36.1 Å². The van der Waals surface area contributed by atoms with E-state index in [2.05, 4.69) is 11.9 Å². The molecule has 1 fully saturated rings. The Morgan fingerprint density at radius 3 is 2.71 bits per heavy atom. The van der Waals surface area contributed by atoms with Crippen LogP contribution in [0, 0.1) is 0 Å². The molecule has 5 heteroatoms. The van der Waals surface area contributed by atoms with Gasteiger partial charge in [-0.2, -0.15) is 0 Å². The maximum Gasteiger partial charge on any atom is 0.325 e. The zero-order valence-corrected chi connectivity index (χ0v) is 10.3. The summed E-state index contributed by atoms with van der Waals surface area (Å²) in [5.41, 5.74) is 7.15. The summed E-state index contributed by atoms with van der Waals surface area (Å²) >= 11 is 6.17. The smallest absolute Gasteiger partial charge is 0.325 e. The van der Waals surface area contributed by atoms with Crippen molar-refractivity contribution in [3.8, 4) is 0 Å². The zero-order valence-electron chi connectivity index (χ0n) is 9.56. The molecule has 1 aliphatic heterocycles. The van der Waals surface area contributed by atoms with Crippen LogP contribution in [0.1, 0.15) is 23.1 Å². The van der Waals surface area contributed by atoms with Gasteiger partial charge in [-0.15, -0.1) is 0 Å². The monoisotopic (exact) mass is 254 g/mol. The largest absolute Gasteiger partial charge is 0.480 e. The number of hydrogen-bond donors (Lipinski definition) is 2. The molecule has 17 heavy (non-hydrogen) atoms. The summed E-state index contributed by atoms with van der Waals surface area (Å²) in [6, 6.07) is 4.29. The first-order chi connectivity index (χ1) is 7.99. The topological polar surface area (TPSA) is 66.6 Å². The van der Waals surface area contributed by atoms with Gasteiger partial charge in [0.15, 0.2) is 0 Å². The summed E-state index contributed by atoms with van der Waals surface area (Å²) < 4.78 is 0. The number of carboxylic acids is 1. The predicted molar refractivity (Wildman–Crippen MR) is 66.3 cm³/mol. The number of likely N-dealkylation sites (N-methyl/N-ethyl adjacent to an activating group) is 1. The van der Waals surface area contributed by atoms with Crippen LogP contribution in [0.3, 0.4) is 0 Å². The number of nitrogens with two attached hydrogens (primary N) is 1. The van der Waals surface area contributed by atoms with E-state index in [-0.39, 0.29) is 0 Å². The van der Waals surface area contributed by atoms with Gasteiger partial charge < -0.3 is 15.7 Å². The minimum atomic E-state index is -1.04. The van der Waals surface area contributed by atoms with Crippen LogP contribution in [0.2, 0.25) is 5.02 Å². The van der Waals surface area contributed by atoms with Gasteiger partial charge in [0.2, 0.25) is 0 Å². The molecule has 0 amide bonds. The Hall–Kier alpha value is -1.10. The van der Waals surface area contributed by atoms with Gasteiger partial charge >= 0.3 is 5.97 Å². The highest BCUT2D eigenvalue weighted by atomic mass is 35.5. The van der Waals surface area contributed by atoms with E-state index in [9.17, 15) is 4.79 Å². The van der Waals surface area contributed by atoms with Gasteiger partial charge in [-0.25, -0.2) is 0 Å². The number of likely N-dealkylation sites (tertiary alicyclic amines) is 1. The molecule has 0 radical (unpaired) electrons. The number of carbonyl (C=O) groups is 1. The molecule has 0 saturated carbocycles. The van der Waals surface area contributed by atoms with Crippen molar-refractivity contribution in [2.75, 3.05) is 20.1 Å². The highest BCUT2D eigenvalue weighted by Gasteiger charge is 2.27. The van der Waals surface area contributed by atoms with Gasteiger partial charge in [-0.05, 0) is 24.2 Å². The van der Waals surface area contributed by atoms with E-state index in [1.807, 2.05) is 6.07 Å². The second-order valence-electron chi connectivity index (χ2n) is 4.51. The number of halogens is 1. The lowest BCUT2D eigenvalue weighted by Gasteiger charge is -2.37. The zero-order chi connectivity index (χ0) is 12.6. The average molecular weight is 255 g/mol. The predicted octanol–water partition coefficient (Wildman–Crippen LogP) is 1.45. The van der Waals surface area contributed by atoms with Gasteiger partial charge in [0, 0.05) is 24.0 Å². The molecule has 0 aromatic heterocycles. The van der Waals surface area contributed by atoms with Crippen molar-refractivity contribution < 1.29 is 9.90 Å². The number of aliphatic carboxylic acids is 1. The Bertz CT molecular complexity index is 444. The first kappa shape index (κ1) is 12.4. The number of carboxylic acid groups (broad SMARTS) is 1. The Morgan fingerprint density at radius 2 is 2.24 bits per heavy atom. The highest BCUT2D eigenvalue weighted by molar-refractivity contribution is 6.31. The van der Waals surface area contributed by atoms with E-state index in [1.165, 1.54) is 0 Å². The average Bonchev–Trinajstić information content (AvgIpc) is 2.24. The fourth-order valence-electron chi connectivity index (χ4n) is 2.11. The third kappa shape index (κ3) is 2.44. The summed E-state index contributed by atoms with van der Waals surface area (Å²) in [7, 11) is 2.05. The Labute approximate surface area is 105 Å². The fraction of sp³-hybridized carbons (Fsp3) is 0.417. The maximum absolute atomic E-state index is 10.8. The first-order valence-electron chi connectivity index (χ1n) is 5.45. The van der Waals surface area contributed by atoms with Crippen molar-refractivity contribution in [3.63, 3.8) is 0 Å². The van der Waals surface area contributed by atoms with Crippen molar-refractivity contribution in [2.24, 2.45) is 5.73 Å². The van der Waals surface area contributed by atoms with Crippen LogP contribution in [0.4, 0.5) is 0 Å². The lowest BCUT2D eigenvalue weighted by atomic mass is 9.90. The van der Waals surface area contributed by atoms with Gasteiger partial charge in [0.05, 0.1) is 0 Å².